The van der Waals surface area contributed by atoms with E-state index in [4.69, 9.17) is 28.9 Å². The maximum atomic E-state index is 14.2. The lowest BCUT2D eigenvalue weighted by atomic mass is 9.92. The Morgan fingerprint density at radius 1 is 0.984 bits per heavy atom. The van der Waals surface area contributed by atoms with Crippen molar-refractivity contribution in [1.82, 2.24) is 40.4 Å². The van der Waals surface area contributed by atoms with Crippen molar-refractivity contribution in [3.05, 3.63) is 65.9 Å². The summed E-state index contributed by atoms with van der Waals surface area (Å²) >= 11 is 0. The number of alkyl carbamates (subject to hydrolysis) is 1. The van der Waals surface area contributed by atoms with Gasteiger partial charge in [-0.3, -0.25) is 14.9 Å². The van der Waals surface area contributed by atoms with Gasteiger partial charge in [-0.2, -0.15) is 0 Å². The molecule has 2 aliphatic rings. The number of rotatable bonds is 16. The van der Waals surface area contributed by atoms with Crippen molar-refractivity contribution in [3.63, 3.8) is 0 Å². The molecular weight excluding hydrogens is 793 g/mol. The number of ether oxygens (including phenoxy) is 4. The molecule has 3 amide bonds. The van der Waals surface area contributed by atoms with Gasteiger partial charge in [0.2, 0.25) is 18.2 Å². The van der Waals surface area contributed by atoms with Crippen molar-refractivity contribution in [2.45, 2.75) is 91.6 Å². The van der Waals surface area contributed by atoms with E-state index in [9.17, 15) is 19.5 Å². The van der Waals surface area contributed by atoms with Crippen LogP contribution in [0.3, 0.4) is 0 Å². The topological polar surface area (TPSA) is 196 Å². The maximum Gasteiger partial charge on any atom is 0.407 e. The van der Waals surface area contributed by atoms with Crippen LogP contribution in [0.5, 0.6) is 5.75 Å². The predicted octanol–water partition coefficient (Wildman–Crippen LogP) is 6.42. The van der Waals surface area contributed by atoms with Gasteiger partial charge in [0.1, 0.15) is 30.0 Å². The number of aliphatic hydroxyl groups is 1. The van der Waals surface area contributed by atoms with Crippen LogP contribution in [0.2, 0.25) is 0 Å². The number of likely N-dealkylation sites (tertiary alicyclic amines) is 1. The number of aromatic nitrogens is 4. The fraction of sp³-hybridized carbons (Fsp3) is 0.500. The Hall–Kier alpha value is -5.55. The summed E-state index contributed by atoms with van der Waals surface area (Å²) in [5.41, 5.74) is 6.50. The van der Waals surface area contributed by atoms with Gasteiger partial charge in [0.05, 0.1) is 54.8 Å². The number of imidazole rings is 2. The molecule has 7 rings (SSSR count). The molecule has 5 aromatic rings. The number of amides is 3. The molecule has 6 atom stereocenters. The third-order valence-corrected chi connectivity index (χ3v) is 12.1. The van der Waals surface area contributed by atoms with Gasteiger partial charge in [-0.05, 0) is 83.9 Å². The van der Waals surface area contributed by atoms with Gasteiger partial charge in [-0.25, -0.2) is 14.8 Å². The number of carbonyl (C=O) groups excluding carboxylic acids is 3. The summed E-state index contributed by atoms with van der Waals surface area (Å²) in [7, 11) is 4.31. The summed E-state index contributed by atoms with van der Waals surface area (Å²) in [4.78, 5) is 60.5. The van der Waals surface area contributed by atoms with Gasteiger partial charge >= 0.3 is 6.09 Å². The Morgan fingerprint density at radius 3 is 2.47 bits per heavy atom. The highest BCUT2D eigenvalue weighted by Crippen LogP contribution is 2.43. The normalized spacial score (nSPS) is 17.4. The predicted molar refractivity (Wildman–Crippen MR) is 235 cm³/mol. The number of nitrogens with one attached hydrogen (secondary N) is 4. The van der Waals surface area contributed by atoms with Crippen molar-refractivity contribution >= 4 is 39.7 Å². The molecule has 1 saturated heterocycles. The molecule has 2 aliphatic heterocycles. The molecule has 5 N–H and O–H groups in total. The average Bonchev–Trinajstić information content (AvgIpc) is 4.05. The summed E-state index contributed by atoms with van der Waals surface area (Å²) in [6.07, 6.45) is 1.55. The first-order valence-electron chi connectivity index (χ1n) is 21.4. The van der Waals surface area contributed by atoms with Gasteiger partial charge in [0.15, 0.2) is 0 Å². The molecule has 0 bridgehead atoms. The third kappa shape index (κ3) is 9.00. The molecule has 2 aromatic heterocycles. The monoisotopic (exact) mass is 852 g/mol. The summed E-state index contributed by atoms with van der Waals surface area (Å²) < 4.78 is 21.7. The Labute approximate surface area is 362 Å². The first-order chi connectivity index (χ1) is 29.7. The highest BCUT2D eigenvalue weighted by molar-refractivity contribution is 6.07. The van der Waals surface area contributed by atoms with Crippen molar-refractivity contribution in [2.75, 3.05) is 41.0 Å². The fourth-order valence-electron chi connectivity index (χ4n) is 8.73. The Bertz CT molecular complexity index is 2410. The number of aliphatic hydroxyl groups excluding tert-OH is 1. The first-order valence-corrected chi connectivity index (χ1v) is 21.4. The number of hydrogen-bond acceptors (Lipinski definition) is 11. The second kappa shape index (κ2) is 18.8. The van der Waals surface area contributed by atoms with E-state index in [-0.39, 0.29) is 35.6 Å². The Balaban J connectivity index is 1.14. The summed E-state index contributed by atoms with van der Waals surface area (Å²) in [6, 6.07) is 12.5. The molecule has 62 heavy (non-hydrogen) atoms. The molecule has 1 unspecified atom stereocenters. The Morgan fingerprint density at radius 2 is 1.76 bits per heavy atom. The number of benzene rings is 3. The molecule has 3 aromatic carbocycles. The lowest BCUT2D eigenvalue weighted by Crippen LogP contribution is -2.53. The average molecular weight is 853 g/mol. The summed E-state index contributed by atoms with van der Waals surface area (Å²) in [5, 5.41) is 17.6. The number of methoxy groups -OCH3 is 3. The molecule has 332 valence electrons. The van der Waals surface area contributed by atoms with Crippen molar-refractivity contribution in [3.8, 4) is 28.1 Å². The van der Waals surface area contributed by atoms with Crippen LogP contribution in [-0.4, -0.2) is 112 Å². The molecule has 0 spiro atoms. The van der Waals surface area contributed by atoms with E-state index in [0.717, 1.165) is 74.2 Å². The zero-order valence-corrected chi connectivity index (χ0v) is 37.1. The minimum Gasteiger partial charge on any atom is -0.488 e. The standard InChI is InChI=1S/C46H60N8O8/c1-24(2)38(51-45(57)60-8)43(55)53-16-10-11-36(53)42-47-20-35(49-42)29-12-14-31-30(17-29)23-62-37-19-32-28(18-33(31)37)13-15-34-40(32)50-41(48-34)27(6)54(21-26(5)22-59-7)44(56)39(25(3)4)52-46(58)61-9/h12-15,17-20,24-27,36,38-39,45,51,57H,10-11,16,21-23H2,1-9H3,(H,47,49)(H,48,50)(H,52,58)/t26-,27-,36-,38-,39-,45?/m0/s1. The zero-order valence-electron chi connectivity index (χ0n) is 37.1. The van der Waals surface area contributed by atoms with Gasteiger partial charge in [0.25, 0.3) is 0 Å². The largest absolute Gasteiger partial charge is 0.488 e. The van der Waals surface area contributed by atoms with E-state index in [0.29, 0.717) is 32.1 Å². The second-order valence-corrected chi connectivity index (χ2v) is 17.2. The number of H-pyrrole nitrogens is 2. The van der Waals surface area contributed by atoms with Gasteiger partial charge in [-0.15, -0.1) is 0 Å². The number of carbonyl (C=O) groups is 3. The highest BCUT2D eigenvalue weighted by Gasteiger charge is 2.38. The molecular formula is C46H60N8O8. The van der Waals surface area contributed by atoms with Crippen molar-refractivity contribution in [2.24, 2.45) is 17.8 Å². The Kier molecular flexibility index (Phi) is 13.5. The lowest BCUT2D eigenvalue weighted by Gasteiger charge is -2.34. The highest BCUT2D eigenvalue weighted by atomic mass is 16.6. The number of fused-ring (bicyclic) bond motifs is 6. The summed E-state index contributed by atoms with van der Waals surface area (Å²) in [5.74, 6) is 1.55. The van der Waals surface area contributed by atoms with Gasteiger partial charge in [0, 0.05) is 38.3 Å². The van der Waals surface area contributed by atoms with Crippen LogP contribution in [0.1, 0.15) is 83.7 Å². The molecule has 4 heterocycles. The maximum absolute atomic E-state index is 14.2. The quantitative estimate of drug-likeness (QED) is 0.0688. The van der Waals surface area contributed by atoms with Crippen molar-refractivity contribution < 1.29 is 38.4 Å². The van der Waals surface area contributed by atoms with Crippen LogP contribution < -0.4 is 15.4 Å². The summed E-state index contributed by atoms with van der Waals surface area (Å²) in [6.45, 7) is 13.4. The number of nitrogens with zero attached hydrogens (tertiary/aromatic N) is 4. The first kappa shape index (κ1) is 44.5. The third-order valence-electron chi connectivity index (χ3n) is 12.1. The minimum atomic E-state index is -1.24. The van der Waals surface area contributed by atoms with E-state index < -0.39 is 30.6 Å². The van der Waals surface area contributed by atoms with Crippen LogP contribution >= 0.6 is 0 Å². The zero-order chi connectivity index (χ0) is 44.4. The molecule has 0 aliphatic carbocycles. The van der Waals surface area contributed by atoms with Crippen LogP contribution in [0.25, 0.3) is 44.2 Å². The van der Waals surface area contributed by atoms with E-state index >= 15 is 0 Å². The minimum absolute atomic E-state index is 0.0199. The van der Waals surface area contributed by atoms with Crippen LogP contribution in [0.15, 0.2) is 48.7 Å². The van der Waals surface area contributed by atoms with E-state index in [2.05, 4.69) is 57.0 Å². The van der Waals surface area contributed by atoms with Crippen LogP contribution in [-0.2, 0) is 30.4 Å². The smallest absolute Gasteiger partial charge is 0.407 e. The van der Waals surface area contributed by atoms with Gasteiger partial charge < -0.3 is 49.1 Å². The molecule has 16 nitrogen and oxygen atoms in total. The van der Waals surface area contributed by atoms with Crippen LogP contribution in [0, 0.1) is 17.8 Å². The van der Waals surface area contributed by atoms with E-state index in [1.165, 1.54) is 14.2 Å². The molecule has 0 radical (unpaired) electrons. The van der Waals surface area contributed by atoms with Crippen molar-refractivity contribution in [1.29, 1.82) is 0 Å². The molecule has 16 heteroatoms. The van der Waals surface area contributed by atoms with E-state index in [1.807, 2.05) is 58.7 Å². The van der Waals surface area contributed by atoms with E-state index in [1.54, 1.807) is 12.0 Å². The second-order valence-electron chi connectivity index (χ2n) is 17.2. The van der Waals surface area contributed by atoms with Crippen LogP contribution in [0.4, 0.5) is 4.79 Å². The molecule has 1 fully saturated rings. The van der Waals surface area contributed by atoms with Gasteiger partial charge in [-0.1, -0.05) is 52.8 Å². The number of aromatic amines is 2. The fourth-order valence-corrected chi connectivity index (χ4v) is 8.73. The SMILES string of the molecule is COC[C@@H](C)CN(C(=O)[C@@H](NC(=O)OC)C(C)C)[C@@H](C)c1nc2ccc3cc4c(cc3c2[nH]1)OCc1cc(-c2cnc([C@@H]3CCCN3C(=O)[C@@H](NC(O)OC)C(C)C)[nH]2)ccc1-4. The lowest BCUT2D eigenvalue weighted by molar-refractivity contribution is -0.145. The molecule has 0 saturated carbocycles. The number of hydrogen-bond donors (Lipinski definition) is 5.